The van der Waals surface area contributed by atoms with Crippen molar-refractivity contribution >= 4 is 27.3 Å². The summed E-state index contributed by atoms with van der Waals surface area (Å²) in [6.45, 7) is 6.27. The lowest BCUT2D eigenvalue weighted by molar-refractivity contribution is 0.102. The Bertz CT molecular complexity index is 1060. The van der Waals surface area contributed by atoms with Crippen LogP contribution in [0.15, 0.2) is 47.4 Å². The van der Waals surface area contributed by atoms with Crippen molar-refractivity contribution in [2.75, 3.05) is 56.5 Å². The van der Waals surface area contributed by atoms with E-state index in [1.165, 1.54) is 35.3 Å². The lowest BCUT2D eigenvalue weighted by Gasteiger charge is -2.31. The third-order valence-electron chi connectivity index (χ3n) is 6.40. The molecule has 0 atom stereocenters. The van der Waals surface area contributed by atoms with Crippen LogP contribution in [0.25, 0.3) is 0 Å². The van der Waals surface area contributed by atoms with Gasteiger partial charge < -0.3 is 15.1 Å². The van der Waals surface area contributed by atoms with Crippen molar-refractivity contribution < 1.29 is 13.2 Å². The molecule has 0 aliphatic carbocycles. The number of aryl methyl sites for hydroxylation is 1. The maximum Gasteiger partial charge on any atom is 0.255 e. The monoisotopic (exact) mass is 456 g/mol. The molecule has 2 fully saturated rings. The summed E-state index contributed by atoms with van der Waals surface area (Å²) in [5.41, 5.74) is 2.98. The van der Waals surface area contributed by atoms with Gasteiger partial charge in [0.25, 0.3) is 5.91 Å². The molecule has 4 rings (SSSR count). The zero-order chi connectivity index (χ0) is 22.7. The number of likely N-dealkylation sites (N-methyl/N-ethyl adjacent to an activating group) is 1. The SMILES string of the molecule is Cc1ccc(S(=O)(=O)N2CCN(C)CC2)cc1C(=O)Nc1ccc(N2CCCCC2)cc1. The number of piperidine rings is 1. The third kappa shape index (κ3) is 4.98. The number of nitrogens with zero attached hydrogens (tertiary/aromatic N) is 3. The van der Waals surface area contributed by atoms with Gasteiger partial charge in [0.1, 0.15) is 0 Å². The van der Waals surface area contributed by atoms with Gasteiger partial charge in [-0.2, -0.15) is 4.31 Å². The van der Waals surface area contributed by atoms with E-state index < -0.39 is 10.0 Å². The van der Waals surface area contributed by atoms with E-state index in [9.17, 15) is 13.2 Å². The van der Waals surface area contributed by atoms with Crippen molar-refractivity contribution in [1.29, 1.82) is 0 Å². The molecule has 0 spiro atoms. The van der Waals surface area contributed by atoms with Crippen LogP contribution in [-0.2, 0) is 10.0 Å². The standard InChI is InChI=1S/C24H32N4O3S/c1-19-6-11-22(32(30,31)28-16-14-26(2)15-17-28)18-23(19)24(29)25-20-7-9-21(10-8-20)27-12-4-3-5-13-27/h6-11,18H,3-5,12-17H2,1-2H3,(H,25,29). The number of piperazine rings is 1. The number of amides is 1. The smallest absolute Gasteiger partial charge is 0.255 e. The number of anilines is 2. The fourth-order valence-electron chi connectivity index (χ4n) is 4.29. The molecule has 0 aromatic heterocycles. The zero-order valence-corrected chi connectivity index (χ0v) is 19.7. The van der Waals surface area contributed by atoms with Crippen LogP contribution >= 0.6 is 0 Å². The first-order chi connectivity index (χ1) is 15.3. The number of hydrogen-bond acceptors (Lipinski definition) is 5. The molecule has 32 heavy (non-hydrogen) atoms. The molecule has 1 N–H and O–H groups in total. The number of hydrogen-bond donors (Lipinski definition) is 1. The van der Waals surface area contributed by atoms with Crippen molar-refractivity contribution in [3.05, 3.63) is 53.6 Å². The molecule has 2 aliphatic rings. The van der Waals surface area contributed by atoms with Crippen LogP contribution in [0, 0.1) is 6.92 Å². The fourth-order valence-corrected chi connectivity index (χ4v) is 5.74. The van der Waals surface area contributed by atoms with E-state index in [2.05, 4.69) is 15.1 Å². The zero-order valence-electron chi connectivity index (χ0n) is 18.9. The normalized spacial score (nSPS) is 18.5. The average molecular weight is 457 g/mol. The summed E-state index contributed by atoms with van der Waals surface area (Å²) in [6, 6.07) is 12.7. The second kappa shape index (κ2) is 9.60. The van der Waals surface area contributed by atoms with E-state index in [0.29, 0.717) is 37.4 Å². The Balaban J connectivity index is 1.49. The predicted molar refractivity (Wildman–Crippen MR) is 128 cm³/mol. The topological polar surface area (TPSA) is 73.0 Å². The second-order valence-electron chi connectivity index (χ2n) is 8.73. The number of nitrogens with one attached hydrogen (secondary N) is 1. The maximum absolute atomic E-state index is 13.1. The first kappa shape index (κ1) is 22.8. The van der Waals surface area contributed by atoms with Crippen molar-refractivity contribution in [1.82, 2.24) is 9.21 Å². The van der Waals surface area contributed by atoms with Crippen LogP contribution in [0.2, 0.25) is 0 Å². The summed E-state index contributed by atoms with van der Waals surface area (Å²) in [5.74, 6) is -0.302. The predicted octanol–water partition coefficient (Wildman–Crippen LogP) is 3.17. The summed E-state index contributed by atoms with van der Waals surface area (Å²) < 4.78 is 27.7. The molecule has 2 heterocycles. The van der Waals surface area contributed by atoms with Gasteiger partial charge in [-0.15, -0.1) is 0 Å². The molecular weight excluding hydrogens is 424 g/mol. The van der Waals surface area contributed by atoms with Crippen LogP contribution in [0.1, 0.15) is 35.2 Å². The summed E-state index contributed by atoms with van der Waals surface area (Å²) in [4.78, 5) is 17.6. The highest BCUT2D eigenvalue weighted by molar-refractivity contribution is 7.89. The molecule has 2 aliphatic heterocycles. The minimum Gasteiger partial charge on any atom is -0.372 e. The highest BCUT2D eigenvalue weighted by Gasteiger charge is 2.28. The van der Waals surface area contributed by atoms with Gasteiger partial charge in [0.05, 0.1) is 4.90 Å². The first-order valence-electron chi connectivity index (χ1n) is 11.3. The van der Waals surface area contributed by atoms with Crippen molar-refractivity contribution in [3.8, 4) is 0 Å². The van der Waals surface area contributed by atoms with E-state index in [1.807, 2.05) is 38.2 Å². The van der Waals surface area contributed by atoms with E-state index in [4.69, 9.17) is 0 Å². The minimum absolute atomic E-state index is 0.165. The van der Waals surface area contributed by atoms with Gasteiger partial charge in [0.2, 0.25) is 10.0 Å². The molecule has 0 saturated carbocycles. The van der Waals surface area contributed by atoms with Crippen LogP contribution < -0.4 is 10.2 Å². The van der Waals surface area contributed by atoms with Gasteiger partial charge in [-0.25, -0.2) is 8.42 Å². The summed E-state index contributed by atoms with van der Waals surface area (Å²) in [7, 11) is -1.64. The van der Waals surface area contributed by atoms with Crippen LogP contribution in [-0.4, -0.2) is 69.8 Å². The molecule has 7 nitrogen and oxygen atoms in total. The molecule has 2 aromatic rings. The van der Waals surface area contributed by atoms with Crippen molar-refractivity contribution in [2.24, 2.45) is 0 Å². The molecule has 0 radical (unpaired) electrons. The first-order valence-corrected chi connectivity index (χ1v) is 12.7. The van der Waals surface area contributed by atoms with Crippen molar-refractivity contribution in [3.63, 3.8) is 0 Å². The Hall–Kier alpha value is -2.42. The quantitative estimate of drug-likeness (QED) is 0.748. The van der Waals surface area contributed by atoms with Crippen LogP contribution in [0.5, 0.6) is 0 Å². The summed E-state index contributed by atoms with van der Waals surface area (Å²) in [5, 5.41) is 2.92. The van der Waals surface area contributed by atoms with Gasteiger partial charge in [-0.3, -0.25) is 4.79 Å². The summed E-state index contributed by atoms with van der Waals surface area (Å²) >= 11 is 0. The van der Waals surface area contributed by atoms with Crippen molar-refractivity contribution in [2.45, 2.75) is 31.1 Å². The molecule has 2 aromatic carbocycles. The molecular formula is C24H32N4O3S. The Morgan fingerprint density at radius 1 is 0.875 bits per heavy atom. The molecule has 0 bridgehead atoms. The lowest BCUT2D eigenvalue weighted by atomic mass is 10.1. The number of sulfonamides is 1. The van der Waals surface area contributed by atoms with Gasteiger partial charge in [-0.1, -0.05) is 6.07 Å². The van der Waals surface area contributed by atoms with E-state index in [1.54, 1.807) is 12.1 Å². The minimum atomic E-state index is -3.63. The number of rotatable bonds is 5. The van der Waals surface area contributed by atoms with Crippen LogP contribution in [0.3, 0.4) is 0 Å². The van der Waals surface area contributed by atoms with E-state index >= 15 is 0 Å². The molecule has 172 valence electrons. The van der Waals surface area contributed by atoms with Crippen LogP contribution in [0.4, 0.5) is 11.4 Å². The Morgan fingerprint density at radius 3 is 2.19 bits per heavy atom. The highest BCUT2D eigenvalue weighted by Crippen LogP contribution is 2.24. The number of carbonyl (C=O) groups excluding carboxylic acids is 1. The lowest BCUT2D eigenvalue weighted by Crippen LogP contribution is -2.47. The number of benzene rings is 2. The maximum atomic E-state index is 13.1. The molecule has 1 amide bonds. The Morgan fingerprint density at radius 2 is 1.53 bits per heavy atom. The van der Waals surface area contributed by atoms with E-state index in [0.717, 1.165) is 18.7 Å². The Labute approximate surface area is 191 Å². The largest absolute Gasteiger partial charge is 0.372 e. The summed E-state index contributed by atoms with van der Waals surface area (Å²) in [6.07, 6.45) is 3.71. The fraction of sp³-hybridized carbons (Fsp3) is 0.458. The van der Waals surface area contributed by atoms with Gasteiger partial charge >= 0.3 is 0 Å². The van der Waals surface area contributed by atoms with Gasteiger partial charge in [0.15, 0.2) is 0 Å². The second-order valence-corrected chi connectivity index (χ2v) is 10.7. The highest BCUT2D eigenvalue weighted by atomic mass is 32.2. The molecule has 8 heteroatoms. The van der Waals surface area contributed by atoms with Gasteiger partial charge in [-0.05, 0) is 75.2 Å². The molecule has 2 saturated heterocycles. The molecule has 0 unspecified atom stereocenters. The number of carbonyl (C=O) groups is 1. The average Bonchev–Trinajstić information content (AvgIpc) is 2.80. The van der Waals surface area contributed by atoms with Gasteiger partial charge in [0, 0.05) is 56.2 Å². The Kier molecular flexibility index (Phi) is 6.83. The third-order valence-corrected chi connectivity index (χ3v) is 8.29. The van der Waals surface area contributed by atoms with E-state index in [-0.39, 0.29) is 10.8 Å².